The van der Waals surface area contributed by atoms with Crippen LogP contribution in [0.25, 0.3) is 0 Å². The van der Waals surface area contributed by atoms with Crippen LogP contribution in [0.2, 0.25) is 0 Å². The fourth-order valence-electron chi connectivity index (χ4n) is 1.84. The molecule has 0 spiro atoms. The summed E-state index contributed by atoms with van der Waals surface area (Å²) in [5.74, 6) is 0. The molecule has 0 amide bonds. The molecule has 2 N–H and O–H groups in total. The first-order valence-corrected chi connectivity index (χ1v) is 7.46. The zero-order chi connectivity index (χ0) is 14.5. The number of hydrogen-bond acceptors (Lipinski definition) is 4. The molecule has 0 bridgehead atoms. The predicted octanol–water partition coefficient (Wildman–Crippen LogP) is 2.93. The van der Waals surface area contributed by atoms with E-state index in [1.54, 1.807) is 13.0 Å². The Morgan fingerprint density at radius 1 is 1.35 bits per heavy atom. The Bertz CT molecular complexity index is 621. The van der Waals surface area contributed by atoms with Gasteiger partial charge in [-0.15, -0.1) is 0 Å². The summed E-state index contributed by atoms with van der Waals surface area (Å²) in [4.78, 5) is 19.7. The maximum Gasteiger partial charge on any atom is 0.251 e. The number of hydrogen-bond donors (Lipinski definition) is 2. The lowest BCUT2D eigenvalue weighted by molar-refractivity contribution is 0.199. The molecule has 5 heteroatoms. The molecular weight excluding hydrogens is 272 g/mol. The first-order chi connectivity index (χ1) is 9.58. The van der Waals surface area contributed by atoms with Crippen molar-refractivity contribution in [3.05, 3.63) is 51.9 Å². The Kier molecular flexibility index (Phi) is 4.98. The summed E-state index contributed by atoms with van der Waals surface area (Å²) in [5.41, 5.74) is 1.57. The average Bonchev–Trinajstić information content (AvgIpc) is 2.39. The molecule has 0 fully saturated rings. The van der Waals surface area contributed by atoms with Gasteiger partial charge in [0.05, 0.1) is 6.10 Å². The number of aryl methyl sites for hydroxylation is 1. The third-order valence-corrected chi connectivity index (χ3v) is 3.75. The van der Waals surface area contributed by atoms with E-state index < -0.39 is 6.10 Å². The van der Waals surface area contributed by atoms with Crippen LogP contribution in [0.4, 0.5) is 0 Å². The molecule has 0 aliphatic rings. The van der Waals surface area contributed by atoms with Gasteiger partial charge in [0.1, 0.15) is 0 Å². The fourth-order valence-corrected chi connectivity index (χ4v) is 2.65. The summed E-state index contributed by atoms with van der Waals surface area (Å²) in [6.45, 7) is 3.79. The Hall–Kier alpha value is -1.59. The molecule has 1 aromatic heterocycles. The largest absolute Gasteiger partial charge is 0.389 e. The van der Waals surface area contributed by atoms with Crippen LogP contribution < -0.4 is 5.56 Å². The Morgan fingerprint density at radius 3 is 2.65 bits per heavy atom. The van der Waals surface area contributed by atoms with Crippen LogP contribution in [-0.2, 0) is 6.42 Å². The summed E-state index contributed by atoms with van der Waals surface area (Å²) >= 11 is 1.41. The molecule has 0 radical (unpaired) electrons. The summed E-state index contributed by atoms with van der Waals surface area (Å²) < 4.78 is 0. The average molecular weight is 290 g/mol. The molecule has 0 saturated heterocycles. The van der Waals surface area contributed by atoms with E-state index in [0.29, 0.717) is 5.16 Å². The molecule has 0 saturated carbocycles. The fraction of sp³-hybridized carbons (Fsp3) is 0.333. The molecule has 2 rings (SSSR count). The summed E-state index contributed by atoms with van der Waals surface area (Å²) in [5, 5.41) is 10.1. The van der Waals surface area contributed by atoms with Crippen LogP contribution in [0.1, 0.15) is 37.6 Å². The quantitative estimate of drug-likeness (QED) is 0.831. The van der Waals surface area contributed by atoms with Crippen molar-refractivity contribution in [2.24, 2.45) is 0 Å². The number of benzene rings is 1. The van der Waals surface area contributed by atoms with E-state index in [9.17, 15) is 9.90 Å². The molecule has 0 aliphatic carbocycles. The molecule has 1 unspecified atom stereocenters. The van der Waals surface area contributed by atoms with Gasteiger partial charge in [0.25, 0.3) is 5.56 Å². The minimum atomic E-state index is -0.472. The van der Waals surface area contributed by atoms with Crippen molar-refractivity contribution in [3.63, 3.8) is 0 Å². The lowest BCUT2D eigenvalue weighted by atomic mass is 10.1. The third kappa shape index (κ3) is 3.95. The molecule has 1 aromatic carbocycles. The highest BCUT2D eigenvalue weighted by molar-refractivity contribution is 7.99. The molecule has 0 aliphatic heterocycles. The van der Waals surface area contributed by atoms with E-state index in [1.165, 1.54) is 11.8 Å². The van der Waals surface area contributed by atoms with Gasteiger partial charge in [-0.2, -0.15) is 0 Å². The van der Waals surface area contributed by atoms with Gasteiger partial charge in [-0.25, -0.2) is 4.98 Å². The zero-order valence-corrected chi connectivity index (χ0v) is 12.4. The van der Waals surface area contributed by atoms with Crippen LogP contribution in [0.5, 0.6) is 0 Å². The summed E-state index contributed by atoms with van der Waals surface area (Å²) in [7, 11) is 0. The van der Waals surface area contributed by atoms with Gasteiger partial charge >= 0.3 is 0 Å². The molecule has 4 nitrogen and oxygen atoms in total. The molecule has 106 valence electrons. The number of nitrogens with zero attached hydrogens (tertiary/aromatic N) is 1. The van der Waals surface area contributed by atoms with E-state index in [1.807, 2.05) is 24.3 Å². The number of aromatic amines is 1. The van der Waals surface area contributed by atoms with Gasteiger partial charge in [0.15, 0.2) is 5.16 Å². The van der Waals surface area contributed by atoms with Gasteiger partial charge in [-0.1, -0.05) is 37.2 Å². The lowest BCUT2D eigenvalue weighted by Crippen LogP contribution is -2.09. The van der Waals surface area contributed by atoms with Crippen molar-refractivity contribution in [3.8, 4) is 0 Å². The van der Waals surface area contributed by atoms with E-state index in [-0.39, 0.29) is 5.56 Å². The minimum absolute atomic E-state index is 0.119. The van der Waals surface area contributed by atoms with Crippen molar-refractivity contribution in [1.29, 1.82) is 0 Å². The minimum Gasteiger partial charge on any atom is -0.389 e. The van der Waals surface area contributed by atoms with E-state index >= 15 is 0 Å². The maximum atomic E-state index is 11.6. The van der Waals surface area contributed by atoms with E-state index in [4.69, 9.17) is 0 Å². The van der Waals surface area contributed by atoms with Crippen LogP contribution in [0, 0.1) is 0 Å². The van der Waals surface area contributed by atoms with Crippen molar-refractivity contribution >= 4 is 11.8 Å². The maximum absolute atomic E-state index is 11.6. The predicted molar refractivity (Wildman–Crippen MR) is 80.1 cm³/mol. The smallest absolute Gasteiger partial charge is 0.251 e. The van der Waals surface area contributed by atoms with Crippen molar-refractivity contribution in [1.82, 2.24) is 9.97 Å². The lowest BCUT2D eigenvalue weighted by Gasteiger charge is -2.06. The van der Waals surface area contributed by atoms with Crippen LogP contribution >= 0.6 is 11.8 Å². The number of aliphatic hydroxyl groups is 1. The number of aliphatic hydroxyl groups excluding tert-OH is 1. The highest BCUT2D eigenvalue weighted by atomic mass is 32.2. The SMILES string of the molecule is CCCc1cc(=O)[nH]c(Sc2ccc(C(C)O)cc2)n1. The number of aromatic nitrogens is 2. The van der Waals surface area contributed by atoms with Crippen molar-refractivity contribution in [2.45, 2.75) is 42.8 Å². The van der Waals surface area contributed by atoms with Crippen LogP contribution in [0.3, 0.4) is 0 Å². The Balaban J connectivity index is 2.18. The second kappa shape index (κ2) is 6.72. The topological polar surface area (TPSA) is 66.0 Å². The second-order valence-corrected chi connectivity index (χ2v) is 5.70. The Labute approximate surface area is 122 Å². The zero-order valence-electron chi connectivity index (χ0n) is 11.6. The van der Waals surface area contributed by atoms with Crippen molar-refractivity contribution < 1.29 is 5.11 Å². The summed E-state index contributed by atoms with van der Waals surface area (Å²) in [6, 6.07) is 9.13. The number of rotatable bonds is 5. The second-order valence-electron chi connectivity index (χ2n) is 4.64. The van der Waals surface area contributed by atoms with Gasteiger partial charge in [0.2, 0.25) is 0 Å². The molecule has 1 heterocycles. The van der Waals surface area contributed by atoms with Gasteiger partial charge in [-0.05, 0) is 31.0 Å². The third-order valence-electron chi connectivity index (χ3n) is 2.86. The first kappa shape index (κ1) is 14.8. The normalized spacial score (nSPS) is 12.3. The molecular formula is C15H18N2O2S. The van der Waals surface area contributed by atoms with E-state index in [0.717, 1.165) is 29.0 Å². The molecule has 1 atom stereocenters. The van der Waals surface area contributed by atoms with Gasteiger partial charge in [0, 0.05) is 16.7 Å². The first-order valence-electron chi connectivity index (χ1n) is 6.64. The van der Waals surface area contributed by atoms with Crippen LogP contribution in [0.15, 0.2) is 45.2 Å². The highest BCUT2D eigenvalue weighted by Gasteiger charge is 2.05. The Morgan fingerprint density at radius 2 is 2.05 bits per heavy atom. The standard InChI is InChI=1S/C15H18N2O2S/c1-3-4-12-9-14(19)17-15(16-12)20-13-7-5-11(6-8-13)10(2)18/h5-10,18H,3-4H2,1-2H3,(H,16,17,19). The van der Waals surface area contributed by atoms with Gasteiger partial charge < -0.3 is 10.1 Å². The van der Waals surface area contributed by atoms with Gasteiger partial charge in [-0.3, -0.25) is 4.79 Å². The monoisotopic (exact) mass is 290 g/mol. The molecule has 2 aromatic rings. The van der Waals surface area contributed by atoms with Crippen molar-refractivity contribution in [2.75, 3.05) is 0 Å². The molecule has 20 heavy (non-hydrogen) atoms. The summed E-state index contributed by atoms with van der Waals surface area (Å²) in [6.07, 6.45) is 1.29. The number of nitrogens with one attached hydrogen (secondary N) is 1. The highest BCUT2D eigenvalue weighted by Crippen LogP contribution is 2.25. The number of H-pyrrole nitrogens is 1. The van der Waals surface area contributed by atoms with Crippen LogP contribution in [-0.4, -0.2) is 15.1 Å². The van der Waals surface area contributed by atoms with E-state index in [2.05, 4.69) is 16.9 Å².